The fourth-order valence-electron chi connectivity index (χ4n) is 1.17. The topological polar surface area (TPSA) is 66.9 Å². The van der Waals surface area contributed by atoms with Crippen molar-refractivity contribution >= 4 is 17.4 Å². The number of nitrogens with zero attached hydrogens (tertiary/aromatic N) is 2. The van der Waals surface area contributed by atoms with Crippen LogP contribution in [0.25, 0.3) is 11.1 Å². The van der Waals surface area contributed by atoms with E-state index in [-0.39, 0.29) is 5.89 Å². The zero-order valence-corrected chi connectivity index (χ0v) is 7.18. The average molecular weight is 186 g/mol. The Morgan fingerprint density at radius 3 is 2.93 bits per heavy atom. The summed E-state index contributed by atoms with van der Waals surface area (Å²) in [5.74, 6) is -0.758. The molecule has 0 aliphatic rings. The smallest absolute Gasteiger partial charge is 0.220 e. The number of para-hydroxylation sites is 2. The fraction of sp³-hybridized carbons (Fsp3) is 0.100. The summed E-state index contributed by atoms with van der Waals surface area (Å²) in [7, 11) is 0. The number of rotatable bonds is 2. The second kappa shape index (κ2) is 3.30. The van der Waals surface area contributed by atoms with Gasteiger partial charge in [0.05, 0.1) is 6.07 Å². The van der Waals surface area contributed by atoms with E-state index in [9.17, 15) is 4.79 Å². The summed E-state index contributed by atoms with van der Waals surface area (Å²) in [4.78, 5) is 14.5. The van der Waals surface area contributed by atoms with Gasteiger partial charge in [0.15, 0.2) is 11.5 Å². The number of hydrogen-bond donors (Lipinski definition) is 0. The Hall–Kier alpha value is -2.15. The molecule has 0 saturated carbocycles. The molecule has 0 saturated heterocycles. The molecule has 0 N–H and O–H groups in total. The lowest BCUT2D eigenvalue weighted by Gasteiger charge is -1.89. The third-order valence-corrected chi connectivity index (χ3v) is 1.85. The molecule has 0 spiro atoms. The summed E-state index contributed by atoms with van der Waals surface area (Å²) in [6, 6.07) is 8.93. The van der Waals surface area contributed by atoms with E-state index in [4.69, 9.17) is 9.68 Å². The summed E-state index contributed by atoms with van der Waals surface area (Å²) in [5.41, 5.74) is 1.24. The molecule has 68 valence electrons. The zero-order valence-electron chi connectivity index (χ0n) is 7.18. The van der Waals surface area contributed by atoms with Crippen molar-refractivity contribution in [2.75, 3.05) is 0 Å². The molecule has 1 unspecified atom stereocenters. The quantitative estimate of drug-likeness (QED) is 0.668. The largest absolute Gasteiger partial charge is 0.439 e. The lowest BCUT2D eigenvalue weighted by atomic mass is 10.2. The molecular formula is C10H6N2O2. The van der Waals surface area contributed by atoms with E-state index in [0.29, 0.717) is 17.4 Å². The molecule has 0 bridgehead atoms. The van der Waals surface area contributed by atoms with Crippen LogP contribution in [0.2, 0.25) is 0 Å². The van der Waals surface area contributed by atoms with Crippen molar-refractivity contribution in [3.8, 4) is 6.07 Å². The van der Waals surface area contributed by atoms with E-state index in [1.54, 1.807) is 24.3 Å². The monoisotopic (exact) mass is 186 g/mol. The first-order valence-electron chi connectivity index (χ1n) is 4.05. The van der Waals surface area contributed by atoms with E-state index < -0.39 is 5.92 Å². The molecule has 1 heterocycles. The number of carbonyl (C=O) groups is 1. The molecule has 1 aromatic heterocycles. The van der Waals surface area contributed by atoms with Gasteiger partial charge in [0.25, 0.3) is 0 Å². The molecule has 4 heteroatoms. The number of carbonyl (C=O) groups excluding carboxylic acids is 1. The maximum absolute atomic E-state index is 10.5. The van der Waals surface area contributed by atoms with Crippen LogP contribution in [0.15, 0.2) is 28.7 Å². The first-order valence-corrected chi connectivity index (χ1v) is 4.05. The molecule has 0 radical (unpaired) electrons. The van der Waals surface area contributed by atoms with Gasteiger partial charge in [-0.25, -0.2) is 4.98 Å². The van der Waals surface area contributed by atoms with Gasteiger partial charge in [0.2, 0.25) is 5.89 Å². The van der Waals surface area contributed by atoms with Crippen LogP contribution in [0, 0.1) is 11.3 Å². The van der Waals surface area contributed by atoms with Gasteiger partial charge in [-0.15, -0.1) is 0 Å². The number of aldehydes is 1. The van der Waals surface area contributed by atoms with E-state index in [1.165, 1.54) is 0 Å². The average Bonchev–Trinajstić information content (AvgIpc) is 2.63. The predicted molar refractivity (Wildman–Crippen MR) is 48.4 cm³/mol. The minimum absolute atomic E-state index is 0.156. The maximum Gasteiger partial charge on any atom is 0.220 e. The molecule has 1 atom stereocenters. The fourth-order valence-corrected chi connectivity index (χ4v) is 1.17. The number of fused-ring (bicyclic) bond motifs is 1. The van der Waals surface area contributed by atoms with Gasteiger partial charge in [-0.05, 0) is 12.1 Å². The third-order valence-electron chi connectivity index (χ3n) is 1.85. The van der Waals surface area contributed by atoms with Gasteiger partial charge < -0.3 is 9.21 Å². The highest BCUT2D eigenvalue weighted by Crippen LogP contribution is 2.19. The van der Waals surface area contributed by atoms with Crippen LogP contribution in [-0.2, 0) is 4.79 Å². The van der Waals surface area contributed by atoms with Crippen molar-refractivity contribution in [3.63, 3.8) is 0 Å². The molecule has 1 aromatic carbocycles. The van der Waals surface area contributed by atoms with Gasteiger partial charge in [-0.2, -0.15) is 5.26 Å². The van der Waals surface area contributed by atoms with Crippen molar-refractivity contribution in [1.29, 1.82) is 5.26 Å². The van der Waals surface area contributed by atoms with Crippen molar-refractivity contribution in [3.05, 3.63) is 30.2 Å². The number of oxazole rings is 1. The molecule has 2 rings (SSSR count). The van der Waals surface area contributed by atoms with E-state index in [1.807, 2.05) is 6.07 Å². The summed E-state index contributed by atoms with van der Waals surface area (Å²) in [6.07, 6.45) is 0.519. The Morgan fingerprint density at radius 2 is 2.29 bits per heavy atom. The van der Waals surface area contributed by atoms with Gasteiger partial charge in [0.1, 0.15) is 11.8 Å². The van der Waals surface area contributed by atoms with Crippen molar-refractivity contribution in [1.82, 2.24) is 4.98 Å². The number of aromatic nitrogens is 1. The van der Waals surface area contributed by atoms with Crippen LogP contribution < -0.4 is 0 Å². The summed E-state index contributed by atoms with van der Waals surface area (Å²) in [5, 5.41) is 8.62. The Balaban J connectivity index is 2.55. The third kappa shape index (κ3) is 1.25. The van der Waals surface area contributed by atoms with Gasteiger partial charge in [0, 0.05) is 0 Å². The van der Waals surface area contributed by atoms with E-state index >= 15 is 0 Å². The standard InChI is InChI=1S/C10H6N2O2/c11-5-7(6-13)10-12-8-3-1-2-4-9(8)14-10/h1-4,6-7H. The second-order valence-electron chi connectivity index (χ2n) is 2.76. The van der Waals surface area contributed by atoms with Gasteiger partial charge in [-0.3, -0.25) is 0 Å². The predicted octanol–water partition coefficient (Wildman–Crippen LogP) is 1.63. The van der Waals surface area contributed by atoms with E-state index in [2.05, 4.69) is 4.98 Å². The molecule has 0 amide bonds. The number of benzene rings is 1. The summed E-state index contributed by atoms with van der Waals surface area (Å²) >= 11 is 0. The SMILES string of the molecule is N#CC(C=O)c1nc2ccccc2o1. The van der Waals surface area contributed by atoms with Crippen molar-refractivity contribution in [2.24, 2.45) is 0 Å². The molecule has 2 aromatic rings. The highest BCUT2D eigenvalue weighted by atomic mass is 16.3. The first-order chi connectivity index (χ1) is 6.85. The Labute approximate surface area is 79.8 Å². The lowest BCUT2D eigenvalue weighted by Crippen LogP contribution is -1.95. The molecule has 0 fully saturated rings. The second-order valence-corrected chi connectivity index (χ2v) is 2.76. The van der Waals surface area contributed by atoms with Crippen LogP contribution in [-0.4, -0.2) is 11.3 Å². The van der Waals surface area contributed by atoms with Crippen LogP contribution in [0.5, 0.6) is 0 Å². The first kappa shape index (κ1) is 8.45. The Morgan fingerprint density at radius 1 is 1.50 bits per heavy atom. The number of nitriles is 1. The zero-order chi connectivity index (χ0) is 9.97. The maximum atomic E-state index is 10.5. The molecule has 14 heavy (non-hydrogen) atoms. The van der Waals surface area contributed by atoms with E-state index in [0.717, 1.165) is 0 Å². The number of hydrogen-bond acceptors (Lipinski definition) is 4. The normalized spacial score (nSPS) is 12.2. The molecule has 0 aliphatic carbocycles. The highest BCUT2D eigenvalue weighted by molar-refractivity contribution is 5.74. The van der Waals surface area contributed by atoms with Crippen LogP contribution in [0.4, 0.5) is 0 Å². The van der Waals surface area contributed by atoms with Crippen molar-refractivity contribution < 1.29 is 9.21 Å². The molecular weight excluding hydrogens is 180 g/mol. The highest BCUT2D eigenvalue weighted by Gasteiger charge is 2.16. The molecule has 0 aliphatic heterocycles. The summed E-state index contributed by atoms with van der Waals surface area (Å²) in [6.45, 7) is 0. The van der Waals surface area contributed by atoms with Crippen LogP contribution in [0.1, 0.15) is 11.8 Å². The Bertz CT molecular complexity index is 477. The minimum atomic E-state index is -0.914. The minimum Gasteiger partial charge on any atom is -0.439 e. The van der Waals surface area contributed by atoms with Gasteiger partial charge >= 0.3 is 0 Å². The van der Waals surface area contributed by atoms with Crippen LogP contribution in [0.3, 0.4) is 0 Å². The lowest BCUT2D eigenvalue weighted by molar-refractivity contribution is -0.108. The summed E-state index contributed by atoms with van der Waals surface area (Å²) < 4.78 is 5.25. The van der Waals surface area contributed by atoms with Crippen LogP contribution >= 0.6 is 0 Å². The van der Waals surface area contributed by atoms with Crippen molar-refractivity contribution in [2.45, 2.75) is 5.92 Å². The molecule has 4 nitrogen and oxygen atoms in total. The Kier molecular flexibility index (Phi) is 1.99. The van der Waals surface area contributed by atoms with Gasteiger partial charge in [-0.1, -0.05) is 12.1 Å².